The Labute approximate surface area is 230 Å². The second-order valence-electron chi connectivity index (χ2n) is 9.62. The molecule has 2 aromatic rings. The maximum absolute atomic E-state index is 15.1. The number of anilines is 2. The Hall–Kier alpha value is -2.54. The molecule has 2 aliphatic rings. The lowest BCUT2D eigenvalue weighted by molar-refractivity contribution is -0.276. The topological polar surface area (TPSA) is 118 Å². The van der Waals surface area contributed by atoms with Gasteiger partial charge in [-0.1, -0.05) is 25.7 Å². The Kier molecular flexibility index (Phi) is 10.9. The van der Waals surface area contributed by atoms with E-state index in [9.17, 15) is 9.59 Å². The van der Waals surface area contributed by atoms with E-state index in [1.54, 1.807) is 11.3 Å². The maximum atomic E-state index is 15.1. The van der Waals surface area contributed by atoms with E-state index in [-0.39, 0.29) is 23.5 Å². The van der Waals surface area contributed by atoms with Crippen LogP contribution in [0, 0.1) is 17.7 Å². The molecule has 2 aromatic heterocycles. The second kappa shape index (κ2) is 14.6. The number of carbonyl (C=O) groups is 2. The van der Waals surface area contributed by atoms with Gasteiger partial charge in [-0.05, 0) is 65.6 Å². The first kappa shape index (κ1) is 28.5. The predicted octanol–water partition coefficient (Wildman–Crippen LogP) is 4.54. The molecule has 2 amide bonds. The molecule has 1 aliphatic heterocycles. The summed E-state index contributed by atoms with van der Waals surface area (Å²) in [7, 11) is 0. The average Bonchev–Trinajstić information content (AvgIpc) is 3.64. The van der Waals surface area contributed by atoms with Crippen LogP contribution in [0.2, 0.25) is 5.28 Å². The minimum Gasteiger partial charge on any atom is -0.367 e. The number of hydrogen-bond donors (Lipinski definition) is 3. The Bertz CT molecular complexity index is 1040. The van der Waals surface area contributed by atoms with Gasteiger partial charge in [0.05, 0.1) is 12.5 Å². The van der Waals surface area contributed by atoms with Crippen molar-refractivity contribution < 1.29 is 23.6 Å². The molecule has 10 nitrogen and oxygen atoms in total. The molecule has 0 spiro atoms. The fourth-order valence-electron chi connectivity index (χ4n) is 4.79. The lowest BCUT2D eigenvalue weighted by atomic mass is 9.92. The van der Waals surface area contributed by atoms with Crippen molar-refractivity contribution in [3.63, 3.8) is 0 Å². The van der Waals surface area contributed by atoms with Crippen molar-refractivity contribution in [1.29, 1.82) is 0 Å². The molecule has 1 aliphatic carbocycles. The van der Waals surface area contributed by atoms with E-state index in [1.165, 1.54) is 0 Å². The van der Waals surface area contributed by atoms with Gasteiger partial charge < -0.3 is 10.1 Å². The summed E-state index contributed by atoms with van der Waals surface area (Å²) in [6.45, 7) is 1.07. The van der Waals surface area contributed by atoms with Crippen molar-refractivity contribution in [2.24, 2.45) is 11.8 Å². The van der Waals surface area contributed by atoms with E-state index < -0.39 is 23.9 Å². The number of aromatic nitrogens is 2. The number of hydrogen-bond acceptors (Lipinski definition) is 9. The normalized spacial score (nSPS) is 18.6. The van der Waals surface area contributed by atoms with Crippen molar-refractivity contribution in [1.82, 2.24) is 20.5 Å². The van der Waals surface area contributed by atoms with Crippen LogP contribution in [0.3, 0.4) is 0 Å². The molecule has 2 atom stereocenters. The van der Waals surface area contributed by atoms with Crippen molar-refractivity contribution in [2.45, 2.75) is 64.1 Å². The molecule has 13 heteroatoms. The highest BCUT2D eigenvalue weighted by Crippen LogP contribution is 2.31. The smallest absolute Gasteiger partial charge is 0.243 e. The van der Waals surface area contributed by atoms with E-state index in [2.05, 4.69) is 26.1 Å². The highest BCUT2D eigenvalue weighted by atomic mass is 35.5. The SMILES string of the molecule is O=CN(C[C@H](CC1CCCC1)C(=O)NNc1nc(Cl)nc(NCCc2ccsc2)c1F)OC1CCCCO1. The van der Waals surface area contributed by atoms with Crippen molar-refractivity contribution in [3.8, 4) is 0 Å². The monoisotopic (exact) mass is 568 g/mol. The zero-order valence-electron chi connectivity index (χ0n) is 21.2. The van der Waals surface area contributed by atoms with Crippen LogP contribution in [0.15, 0.2) is 16.8 Å². The standard InChI is InChI=1S/C25H34ClFN6O4S/c26-25-29-22(28-10-8-18-9-12-38-15-18)21(27)23(30-25)31-32-24(35)19(13-17-5-1-2-6-17)14-33(16-34)37-20-7-3-4-11-36-20/h9,12,15-17,19-20H,1-8,10-11,13-14H2,(H,32,35)(H2,28,29,30,31)/t19-,20?/m0/s1. The van der Waals surface area contributed by atoms with E-state index in [1.807, 2.05) is 16.8 Å². The van der Waals surface area contributed by atoms with Gasteiger partial charge in [-0.25, -0.2) is 9.90 Å². The van der Waals surface area contributed by atoms with E-state index >= 15 is 4.39 Å². The fourth-order valence-corrected chi connectivity index (χ4v) is 5.66. The highest BCUT2D eigenvalue weighted by Gasteiger charge is 2.29. The first-order chi connectivity index (χ1) is 18.5. The molecule has 2 fully saturated rings. The largest absolute Gasteiger partial charge is 0.367 e. The maximum Gasteiger partial charge on any atom is 0.243 e. The van der Waals surface area contributed by atoms with E-state index in [0.29, 0.717) is 44.7 Å². The molecule has 3 heterocycles. The van der Waals surface area contributed by atoms with E-state index in [0.717, 1.165) is 49.2 Å². The molecule has 1 unspecified atom stereocenters. The number of ether oxygens (including phenoxy) is 1. The summed E-state index contributed by atoms with van der Waals surface area (Å²) in [5.41, 5.74) is 6.23. The van der Waals surface area contributed by atoms with Gasteiger partial charge >= 0.3 is 0 Å². The molecule has 208 valence electrons. The van der Waals surface area contributed by atoms with Gasteiger partial charge in [0.2, 0.25) is 23.4 Å². The lowest BCUT2D eigenvalue weighted by Gasteiger charge is -2.29. The minimum absolute atomic E-state index is 0.0514. The van der Waals surface area contributed by atoms with Crippen molar-refractivity contribution >= 4 is 46.9 Å². The molecule has 3 N–H and O–H groups in total. The number of hydroxylamine groups is 2. The summed E-state index contributed by atoms with van der Waals surface area (Å²) in [6, 6.07) is 2.00. The van der Waals surface area contributed by atoms with Crippen LogP contribution >= 0.6 is 22.9 Å². The third-order valence-electron chi connectivity index (χ3n) is 6.79. The molecule has 1 saturated heterocycles. The number of amides is 2. The van der Waals surface area contributed by atoms with Gasteiger partial charge in [0.25, 0.3) is 0 Å². The Morgan fingerprint density at radius 1 is 1.26 bits per heavy atom. The fraction of sp³-hybridized carbons (Fsp3) is 0.600. The number of nitrogens with zero attached hydrogens (tertiary/aromatic N) is 3. The molecule has 1 saturated carbocycles. The van der Waals surface area contributed by atoms with Crippen LogP contribution in [-0.4, -0.2) is 53.3 Å². The number of carbonyl (C=O) groups excluding carboxylic acids is 2. The van der Waals surface area contributed by atoms with Gasteiger partial charge in [0, 0.05) is 19.6 Å². The summed E-state index contributed by atoms with van der Waals surface area (Å²) in [5.74, 6) is -1.70. The Morgan fingerprint density at radius 2 is 2.05 bits per heavy atom. The zero-order valence-corrected chi connectivity index (χ0v) is 22.7. The zero-order chi connectivity index (χ0) is 26.7. The molecule has 0 aromatic carbocycles. The van der Waals surface area contributed by atoms with Gasteiger partial charge in [0.15, 0.2) is 17.9 Å². The first-order valence-electron chi connectivity index (χ1n) is 13.1. The second-order valence-corrected chi connectivity index (χ2v) is 10.7. The summed E-state index contributed by atoms with van der Waals surface area (Å²) in [4.78, 5) is 38.5. The quantitative estimate of drug-likeness (QED) is 0.173. The number of nitrogens with one attached hydrogen (secondary N) is 3. The minimum atomic E-state index is -0.764. The van der Waals surface area contributed by atoms with Gasteiger partial charge in [-0.15, -0.1) is 0 Å². The van der Waals surface area contributed by atoms with Crippen LogP contribution in [-0.2, 0) is 25.6 Å². The molecule has 4 rings (SSSR count). The van der Waals surface area contributed by atoms with E-state index in [4.69, 9.17) is 21.2 Å². The van der Waals surface area contributed by atoms with Crippen LogP contribution in [0.5, 0.6) is 0 Å². The number of hydrazine groups is 1. The van der Waals surface area contributed by atoms with Gasteiger partial charge in [-0.2, -0.15) is 25.7 Å². The predicted molar refractivity (Wildman–Crippen MR) is 143 cm³/mol. The summed E-state index contributed by atoms with van der Waals surface area (Å²) >= 11 is 7.61. The Morgan fingerprint density at radius 3 is 2.76 bits per heavy atom. The van der Waals surface area contributed by atoms with Crippen molar-refractivity contribution in [3.05, 3.63) is 33.5 Å². The van der Waals surface area contributed by atoms with Gasteiger partial charge in [-0.3, -0.25) is 20.4 Å². The Balaban J connectivity index is 1.37. The number of rotatable bonds is 14. The number of halogens is 2. The molecule has 0 radical (unpaired) electrons. The molecule has 38 heavy (non-hydrogen) atoms. The first-order valence-corrected chi connectivity index (χ1v) is 14.4. The highest BCUT2D eigenvalue weighted by molar-refractivity contribution is 7.07. The molecule has 0 bridgehead atoms. The van der Waals surface area contributed by atoms with Gasteiger partial charge in [0.1, 0.15) is 0 Å². The third kappa shape index (κ3) is 8.48. The van der Waals surface area contributed by atoms with Crippen LogP contribution < -0.4 is 16.2 Å². The lowest BCUT2D eigenvalue weighted by Crippen LogP contribution is -2.43. The third-order valence-corrected chi connectivity index (χ3v) is 7.69. The number of thiophene rings is 1. The molecular weight excluding hydrogens is 535 g/mol. The summed E-state index contributed by atoms with van der Waals surface area (Å²) < 4.78 is 20.6. The molecular formula is C25H34ClFN6O4S. The average molecular weight is 569 g/mol. The summed E-state index contributed by atoms with van der Waals surface area (Å²) in [5, 5.41) is 7.89. The van der Waals surface area contributed by atoms with Crippen LogP contribution in [0.25, 0.3) is 0 Å². The van der Waals surface area contributed by atoms with Crippen LogP contribution in [0.1, 0.15) is 56.9 Å². The van der Waals surface area contributed by atoms with Crippen LogP contribution in [0.4, 0.5) is 16.0 Å². The van der Waals surface area contributed by atoms with Crippen molar-refractivity contribution in [2.75, 3.05) is 30.4 Å². The summed E-state index contributed by atoms with van der Waals surface area (Å²) in [6.07, 6.45) is 8.21.